The van der Waals surface area contributed by atoms with Gasteiger partial charge in [0.25, 0.3) is 0 Å². The van der Waals surface area contributed by atoms with E-state index in [1.807, 2.05) is 4.90 Å². The highest BCUT2D eigenvalue weighted by Gasteiger charge is 2.34. The van der Waals surface area contributed by atoms with Crippen molar-refractivity contribution >= 4 is 11.8 Å². The Morgan fingerprint density at radius 3 is 2.44 bits per heavy atom. The van der Waals surface area contributed by atoms with E-state index >= 15 is 0 Å². The molecule has 2 fully saturated rings. The van der Waals surface area contributed by atoms with Crippen LogP contribution in [0.5, 0.6) is 0 Å². The van der Waals surface area contributed by atoms with Crippen molar-refractivity contribution in [1.82, 2.24) is 15.8 Å². The molecule has 3 atom stereocenters. The molecule has 90 valence electrons. The monoisotopic (exact) mass is 225 g/mol. The summed E-state index contributed by atoms with van der Waals surface area (Å²) < 4.78 is 0. The largest absolute Gasteiger partial charge is 0.341 e. The molecule has 16 heavy (non-hydrogen) atoms. The Labute approximate surface area is 95.5 Å². The van der Waals surface area contributed by atoms with Gasteiger partial charge >= 0.3 is 0 Å². The van der Waals surface area contributed by atoms with E-state index in [1.54, 1.807) is 0 Å². The van der Waals surface area contributed by atoms with Crippen LogP contribution >= 0.6 is 0 Å². The number of carbonyl (C=O) groups is 2. The second-order valence-electron chi connectivity index (χ2n) is 5.14. The maximum Gasteiger partial charge on any atom is 0.242 e. The smallest absolute Gasteiger partial charge is 0.242 e. The topological polar surface area (TPSA) is 61.4 Å². The summed E-state index contributed by atoms with van der Waals surface area (Å²) in [4.78, 5) is 25.0. The summed E-state index contributed by atoms with van der Waals surface area (Å²) in [6.45, 7) is 5.97. The van der Waals surface area contributed by atoms with Crippen molar-refractivity contribution in [3.8, 4) is 0 Å². The molecule has 2 aliphatic rings. The number of nitrogens with one attached hydrogen (secondary N) is 2. The molecule has 0 aromatic heterocycles. The predicted molar refractivity (Wildman–Crippen MR) is 59.2 cm³/mol. The SMILES string of the molecule is CC1CC(C)CN(C(=O)C2CC(=O)NN2)C1. The Hall–Kier alpha value is -1.10. The van der Waals surface area contributed by atoms with Gasteiger partial charge in [0.1, 0.15) is 6.04 Å². The molecule has 0 spiro atoms. The molecular formula is C11H19N3O2. The minimum Gasteiger partial charge on any atom is -0.341 e. The van der Waals surface area contributed by atoms with Crippen molar-refractivity contribution in [2.24, 2.45) is 11.8 Å². The van der Waals surface area contributed by atoms with Gasteiger partial charge in [-0.25, -0.2) is 5.43 Å². The van der Waals surface area contributed by atoms with Crippen molar-refractivity contribution in [3.63, 3.8) is 0 Å². The van der Waals surface area contributed by atoms with E-state index in [2.05, 4.69) is 24.7 Å². The molecule has 0 saturated carbocycles. The van der Waals surface area contributed by atoms with Gasteiger partial charge in [0.2, 0.25) is 11.8 Å². The van der Waals surface area contributed by atoms with E-state index in [0.717, 1.165) is 13.1 Å². The number of nitrogens with zero attached hydrogens (tertiary/aromatic N) is 1. The maximum atomic E-state index is 12.1. The molecule has 5 nitrogen and oxygen atoms in total. The molecule has 3 unspecified atom stereocenters. The molecule has 2 N–H and O–H groups in total. The van der Waals surface area contributed by atoms with Crippen molar-refractivity contribution in [2.45, 2.75) is 32.7 Å². The number of likely N-dealkylation sites (tertiary alicyclic amines) is 1. The van der Waals surface area contributed by atoms with Gasteiger partial charge in [0, 0.05) is 13.1 Å². The molecule has 0 radical (unpaired) electrons. The molecule has 2 rings (SSSR count). The zero-order valence-electron chi connectivity index (χ0n) is 9.82. The second-order valence-corrected chi connectivity index (χ2v) is 5.14. The van der Waals surface area contributed by atoms with Gasteiger partial charge in [-0.15, -0.1) is 0 Å². The number of hydrogen-bond donors (Lipinski definition) is 2. The molecule has 0 bridgehead atoms. The summed E-state index contributed by atoms with van der Waals surface area (Å²) in [6, 6.07) is -0.370. The minimum atomic E-state index is -0.370. The van der Waals surface area contributed by atoms with Crippen molar-refractivity contribution in [3.05, 3.63) is 0 Å². The second kappa shape index (κ2) is 4.41. The summed E-state index contributed by atoms with van der Waals surface area (Å²) in [5, 5.41) is 0. The van der Waals surface area contributed by atoms with E-state index < -0.39 is 0 Å². The number of amides is 2. The molecule has 0 aromatic carbocycles. The van der Waals surface area contributed by atoms with Crippen molar-refractivity contribution in [2.75, 3.05) is 13.1 Å². The number of hydrogen-bond acceptors (Lipinski definition) is 3. The molecule has 2 heterocycles. The van der Waals surface area contributed by atoms with E-state index in [-0.39, 0.29) is 24.3 Å². The van der Waals surface area contributed by atoms with Crippen LogP contribution in [0.4, 0.5) is 0 Å². The van der Waals surface area contributed by atoms with E-state index in [1.165, 1.54) is 6.42 Å². The first-order valence-electron chi connectivity index (χ1n) is 5.89. The van der Waals surface area contributed by atoms with Gasteiger partial charge in [-0.05, 0) is 18.3 Å². The lowest BCUT2D eigenvalue weighted by Gasteiger charge is -2.36. The highest BCUT2D eigenvalue weighted by Crippen LogP contribution is 2.22. The first-order chi connectivity index (χ1) is 7.56. The third-order valence-electron chi connectivity index (χ3n) is 3.25. The highest BCUT2D eigenvalue weighted by molar-refractivity contribution is 5.90. The minimum absolute atomic E-state index is 0.0525. The molecule has 2 amide bonds. The lowest BCUT2D eigenvalue weighted by Crippen LogP contribution is -2.50. The van der Waals surface area contributed by atoms with Crippen LogP contribution in [-0.2, 0) is 9.59 Å². The molecule has 5 heteroatoms. The fraction of sp³-hybridized carbons (Fsp3) is 0.818. The first kappa shape index (κ1) is 11.4. The van der Waals surface area contributed by atoms with Crippen LogP contribution in [0.25, 0.3) is 0 Å². The van der Waals surface area contributed by atoms with Crippen LogP contribution in [-0.4, -0.2) is 35.8 Å². The molecule has 0 aromatic rings. The standard InChI is InChI=1S/C11H19N3O2/c1-7-3-8(2)6-14(5-7)11(16)9-4-10(15)13-12-9/h7-9,12H,3-6H2,1-2H3,(H,13,15). The molecule has 0 aliphatic carbocycles. The number of rotatable bonds is 1. The normalized spacial score (nSPS) is 35.0. The van der Waals surface area contributed by atoms with E-state index in [9.17, 15) is 9.59 Å². The third kappa shape index (κ3) is 2.35. The highest BCUT2D eigenvalue weighted by atomic mass is 16.2. The number of hydrazine groups is 1. The zero-order valence-corrected chi connectivity index (χ0v) is 9.82. The number of piperidine rings is 1. The molecule has 2 aliphatic heterocycles. The fourth-order valence-electron chi connectivity index (χ4n) is 2.67. The lowest BCUT2D eigenvalue weighted by atomic mass is 9.91. The van der Waals surface area contributed by atoms with Crippen LogP contribution in [0.15, 0.2) is 0 Å². The van der Waals surface area contributed by atoms with E-state index in [0.29, 0.717) is 11.8 Å². The Morgan fingerprint density at radius 2 is 1.94 bits per heavy atom. The van der Waals surface area contributed by atoms with Gasteiger partial charge in [-0.3, -0.25) is 15.0 Å². The average Bonchev–Trinajstić information content (AvgIpc) is 2.62. The van der Waals surface area contributed by atoms with Gasteiger partial charge in [-0.2, -0.15) is 0 Å². The number of carbonyl (C=O) groups excluding carboxylic acids is 2. The van der Waals surface area contributed by atoms with Crippen LogP contribution in [0.2, 0.25) is 0 Å². The Morgan fingerprint density at radius 1 is 1.31 bits per heavy atom. The molecule has 2 saturated heterocycles. The van der Waals surface area contributed by atoms with Gasteiger partial charge in [0.05, 0.1) is 6.42 Å². The summed E-state index contributed by atoms with van der Waals surface area (Å²) in [5.41, 5.74) is 5.22. The van der Waals surface area contributed by atoms with Crippen LogP contribution in [0, 0.1) is 11.8 Å². The quantitative estimate of drug-likeness (QED) is 0.654. The Balaban J connectivity index is 1.96. The van der Waals surface area contributed by atoms with Crippen molar-refractivity contribution in [1.29, 1.82) is 0 Å². The summed E-state index contributed by atoms with van der Waals surface area (Å²) in [7, 11) is 0. The van der Waals surface area contributed by atoms with Crippen LogP contribution in [0.3, 0.4) is 0 Å². The summed E-state index contributed by atoms with van der Waals surface area (Å²) in [6.07, 6.45) is 1.44. The summed E-state index contributed by atoms with van der Waals surface area (Å²) in [5.74, 6) is 1.06. The maximum absolute atomic E-state index is 12.1. The fourth-order valence-corrected chi connectivity index (χ4v) is 2.67. The van der Waals surface area contributed by atoms with E-state index in [4.69, 9.17) is 0 Å². The Kier molecular flexibility index (Phi) is 3.14. The lowest BCUT2D eigenvalue weighted by molar-refractivity contribution is -0.136. The van der Waals surface area contributed by atoms with Gasteiger partial charge in [-0.1, -0.05) is 13.8 Å². The van der Waals surface area contributed by atoms with Gasteiger partial charge < -0.3 is 4.90 Å². The van der Waals surface area contributed by atoms with Gasteiger partial charge in [0.15, 0.2) is 0 Å². The first-order valence-corrected chi connectivity index (χ1v) is 5.89. The van der Waals surface area contributed by atoms with Crippen LogP contribution in [0.1, 0.15) is 26.7 Å². The molecular weight excluding hydrogens is 206 g/mol. The summed E-state index contributed by atoms with van der Waals surface area (Å²) >= 11 is 0. The predicted octanol–water partition coefficient (Wildman–Crippen LogP) is -0.116. The van der Waals surface area contributed by atoms with Crippen LogP contribution < -0.4 is 10.9 Å². The zero-order chi connectivity index (χ0) is 11.7. The third-order valence-corrected chi connectivity index (χ3v) is 3.25. The Bertz CT molecular complexity index is 296. The average molecular weight is 225 g/mol. The van der Waals surface area contributed by atoms with Crippen molar-refractivity contribution < 1.29 is 9.59 Å².